The predicted octanol–water partition coefficient (Wildman–Crippen LogP) is 2.48. The smallest absolute Gasteiger partial charge is 0.137 e. The van der Waals surface area contributed by atoms with E-state index in [0.717, 1.165) is 32.2 Å². The van der Waals surface area contributed by atoms with Crippen LogP contribution >= 0.6 is 0 Å². The Morgan fingerprint density at radius 1 is 1.50 bits per heavy atom. The molecule has 82 valence electrons. The molecule has 1 fully saturated rings. The number of hydrogen-bond acceptors (Lipinski definition) is 2. The molecular weight excluding hydrogens is 174 g/mol. The summed E-state index contributed by atoms with van der Waals surface area (Å²) in [6.07, 6.45) is 4.14. The third-order valence-electron chi connectivity index (χ3n) is 3.82. The van der Waals surface area contributed by atoms with Crippen molar-refractivity contribution >= 4 is 5.78 Å². The average Bonchev–Trinajstić information content (AvgIpc) is 2.52. The van der Waals surface area contributed by atoms with E-state index in [1.807, 2.05) is 0 Å². The van der Waals surface area contributed by atoms with Gasteiger partial charge in [-0.25, -0.2) is 0 Å². The Kier molecular flexibility index (Phi) is 3.71. The fraction of sp³-hybridized carbons (Fsp3) is 0.917. The van der Waals surface area contributed by atoms with Crippen LogP contribution in [-0.4, -0.2) is 29.8 Å². The molecule has 14 heavy (non-hydrogen) atoms. The van der Waals surface area contributed by atoms with E-state index in [2.05, 4.69) is 32.7 Å². The van der Waals surface area contributed by atoms with Crippen LogP contribution in [-0.2, 0) is 4.79 Å². The zero-order chi connectivity index (χ0) is 10.8. The van der Waals surface area contributed by atoms with Gasteiger partial charge in [0.05, 0.1) is 0 Å². The lowest BCUT2D eigenvalue weighted by Crippen LogP contribution is -2.43. The van der Waals surface area contributed by atoms with Crippen molar-refractivity contribution in [3.8, 4) is 0 Å². The summed E-state index contributed by atoms with van der Waals surface area (Å²) in [5.41, 5.74) is 0.225. The average molecular weight is 197 g/mol. The Hall–Kier alpha value is -0.370. The van der Waals surface area contributed by atoms with Gasteiger partial charge >= 0.3 is 0 Å². The van der Waals surface area contributed by atoms with Crippen molar-refractivity contribution in [3.63, 3.8) is 0 Å². The van der Waals surface area contributed by atoms with Crippen molar-refractivity contribution in [1.82, 2.24) is 4.90 Å². The fourth-order valence-corrected chi connectivity index (χ4v) is 1.93. The Bertz CT molecular complexity index is 210. The van der Waals surface area contributed by atoms with Crippen molar-refractivity contribution in [2.75, 3.05) is 13.6 Å². The van der Waals surface area contributed by atoms with Gasteiger partial charge in [0.1, 0.15) is 5.78 Å². The topological polar surface area (TPSA) is 20.3 Å². The maximum absolute atomic E-state index is 11.5. The van der Waals surface area contributed by atoms with E-state index < -0.39 is 0 Å². The summed E-state index contributed by atoms with van der Waals surface area (Å²) in [6.45, 7) is 7.63. The van der Waals surface area contributed by atoms with Crippen LogP contribution in [0, 0.1) is 5.92 Å². The van der Waals surface area contributed by atoms with Gasteiger partial charge in [0.15, 0.2) is 0 Å². The number of nitrogens with zero attached hydrogens (tertiary/aromatic N) is 1. The number of carbonyl (C=O) groups is 1. The van der Waals surface area contributed by atoms with E-state index in [-0.39, 0.29) is 5.54 Å². The molecule has 1 saturated carbocycles. The molecule has 0 heterocycles. The second kappa shape index (κ2) is 4.43. The molecule has 0 saturated heterocycles. The summed E-state index contributed by atoms with van der Waals surface area (Å²) in [6, 6.07) is 0. The highest BCUT2D eigenvalue weighted by molar-refractivity contribution is 5.83. The summed E-state index contributed by atoms with van der Waals surface area (Å²) >= 11 is 0. The molecule has 2 heteroatoms. The molecule has 0 amide bonds. The number of carbonyl (C=O) groups excluding carboxylic acids is 1. The fourth-order valence-electron chi connectivity index (χ4n) is 1.93. The lowest BCUT2D eigenvalue weighted by molar-refractivity contribution is -0.121. The molecule has 0 N–H and O–H groups in total. The van der Waals surface area contributed by atoms with Gasteiger partial charge in [0.25, 0.3) is 0 Å². The molecule has 2 nitrogen and oxygen atoms in total. The van der Waals surface area contributed by atoms with Crippen molar-refractivity contribution in [1.29, 1.82) is 0 Å². The van der Waals surface area contributed by atoms with Crippen LogP contribution in [0.3, 0.4) is 0 Å². The van der Waals surface area contributed by atoms with Gasteiger partial charge in [-0.15, -0.1) is 0 Å². The van der Waals surface area contributed by atoms with E-state index in [4.69, 9.17) is 0 Å². The maximum atomic E-state index is 11.5. The van der Waals surface area contributed by atoms with Crippen LogP contribution in [0.1, 0.15) is 46.5 Å². The zero-order valence-corrected chi connectivity index (χ0v) is 9.97. The van der Waals surface area contributed by atoms with Gasteiger partial charge in [0, 0.05) is 24.4 Å². The van der Waals surface area contributed by atoms with E-state index in [9.17, 15) is 4.79 Å². The largest absolute Gasteiger partial charge is 0.301 e. The van der Waals surface area contributed by atoms with Gasteiger partial charge < -0.3 is 4.90 Å². The summed E-state index contributed by atoms with van der Waals surface area (Å²) < 4.78 is 0. The highest BCUT2D eigenvalue weighted by atomic mass is 16.1. The van der Waals surface area contributed by atoms with Crippen LogP contribution in [0.4, 0.5) is 0 Å². The quantitative estimate of drug-likeness (QED) is 0.690. The molecule has 0 radical (unpaired) electrons. The van der Waals surface area contributed by atoms with Gasteiger partial charge in [-0.3, -0.25) is 4.79 Å². The molecule has 0 aromatic carbocycles. The standard InChI is InChI=1S/C12H23NO/c1-5-12(2,3)13(4)9-10-7-6-8-11(10)14/h10H,5-9H2,1-4H3. The Labute approximate surface area is 87.7 Å². The monoisotopic (exact) mass is 197 g/mol. The molecule has 1 atom stereocenters. The summed E-state index contributed by atoms with van der Waals surface area (Å²) in [5, 5.41) is 0. The maximum Gasteiger partial charge on any atom is 0.137 e. The number of Topliss-reactive ketones (excluding diaryl/α,β-unsaturated/α-hetero) is 1. The third kappa shape index (κ3) is 2.57. The van der Waals surface area contributed by atoms with Gasteiger partial charge in [-0.05, 0) is 40.2 Å². The van der Waals surface area contributed by atoms with Gasteiger partial charge in [-0.1, -0.05) is 6.92 Å². The summed E-state index contributed by atoms with van der Waals surface area (Å²) in [4.78, 5) is 13.8. The molecule has 1 unspecified atom stereocenters. The second-order valence-corrected chi connectivity index (χ2v) is 5.10. The molecule has 0 aromatic rings. The SMILES string of the molecule is CCC(C)(C)N(C)CC1CCCC1=O. The Balaban J connectivity index is 2.47. The zero-order valence-electron chi connectivity index (χ0n) is 9.97. The minimum Gasteiger partial charge on any atom is -0.301 e. The lowest BCUT2D eigenvalue weighted by Gasteiger charge is -2.36. The highest BCUT2D eigenvalue weighted by Crippen LogP contribution is 2.25. The van der Waals surface area contributed by atoms with Crippen molar-refractivity contribution in [3.05, 3.63) is 0 Å². The number of ketones is 1. The first kappa shape index (κ1) is 11.7. The number of hydrogen-bond donors (Lipinski definition) is 0. The first-order valence-electron chi connectivity index (χ1n) is 5.71. The molecule has 1 aliphatic rings. The Morgan fingerprint density at radius 2 is 2.14 bits per heavy atom. The molecular formula is C12H23NO. The normalized spacial score (nSPS) is 23.5. The molecule has 1 aliphatic carbocycles. The summed E-state index contributed by atoms with van der Waals surface area (Å²) in [5.74, 6) is 0.787. The van der Waals surface area contributed by atoms with Crippen LogP contribution < -0.4 is 0 Å². The van der Waals surface area contributed by atoms with Crippen LogP contribution in [0.2, 0.25) is 0 Å². The molecule has 1 rings (SSSR count). The van der Waals surface area contributed by atoms with Crippen molar-refractivity contribution in [2.24, 2.45) is 5.92 Å². The van der Waals surface area contributed by atoms with Gasteiger partial charge in [0.2, 0.25) is 0 Å². The van der Waals surface area contributed by atoms with Crippen molar-refractivity contribution < 1.29 is 4.79 Å². The summed E-state index contributed by atoms with van der Waals surface area (Å²) in [7, 11) is 2.13. The van der Waals surface area contributed by atoms with Crippen LogP contribution in [0.5, 0.6) is 0 Å². The van der Waals surface area contributed by atoms with E-state index in [1.54, 1.807) is 0 Å². The molecule has 0 aromatic heterocycles. The number of rotatable bonds is 4. The van der Waals surface area contributed by atoms with Crippen LogP contribution in [0.15, 0.2) is 0 Å². The second-order valence-electron chi connectivity index (χ2n) is 5.10. The van der Waals surface area contributed by atoms with Crippen LogP contribution in [0.25, 0.3) is 0 Å². The van der Waals surface area contributed by atoms with Gasteiger partial charge in [-0.2, -0.15) is 0 Å². The molecule has 0 aliphatic heterocycles. The minimum atomic E-state index is 0.225. The van der Waals surface area contributed by atoms with Crippen molar-refractivity contribution in [2.45, 2.75) is 52.0 Å². The predicted molar refractivity (Wildman–Crippen MR) is 59.3 cm³/mol. The molecule has 0 spiro atoms. The van der Waals surface area contributed by atoms with E-state index >= 15 is 0 Å². The van der Waals surface area contributed by atoms with E-state index in [0.29, 0.717) is 11.7 Å². The Morgan fingerprint density at radius 3 is 2.57 bits per heavy atom. The first-order chi connectivity index (χ1) is 6.47. The van der Waals surface area contributed by atoms with E-state index in [1.165, 1.54) is 0 Å². The third-order valence-corrected chi connectivity index (χ3v) is 3.82. The molecule has 0 bridgehead atoms. The minimum absolute atomic E-state index is 0.225. The lowest BCUT2D eigenvalue weighted by atomic mass is 9.97. The first-order valence-corrected chi connectivity index (χ1v) is 5.71. The highest BCUT2D eigenvalue weighted by Gasteiger charge is 2.29.